The quantitative estimate of drug-likeness (QED) is 0.144. The van der Waals surface area contributed by atoms with Gasteiger partial charge in [0.1, 0.15) is 0 Å². The van der Waals surface area contributed by atoms with Crippen molar-refractivity contribution in [2.75, 3.05) is 0 Å². The molecule has 0 nitrogen and oxygen atoms in total. The second-order valence-electron chi connectivity index (χ2n) is 12.5. The lowest BCUT2D eigenvalue weighted by Gasteiger charge is -2.19. The molecule has 1 aliphatic carbocycles. The van der Waals surface area contributed by atoms with Gasteiger partial charge >= 0.3 is 0 Å². The molecular formula is C46H28. The maximum Gasteiger partial charge on any atom is -0.00199 e. The molecule has 0 saturated carbocycles. The molecule has 212 valence electrons. The third kappa shape index (κ3) is 3.68. The number of hydrogen-bond acceptors (Lipinski definition) is 0. The van der Waals surface area contributed by atoms with Gasteiger partial charge in [-0.1, -0.05) is 133 Å². The van der Waals surface area contributed by atoms with Gasteiger partial charge in [-0.2, -0.15) is 0 Å². The first kappa shape index (κ1) is 25.4. The minimum absolute atomic E-state index is 1.23. The van der Waals surface area contributed by atoms with Gasteiger partial charge in [0, 0.05) is 0 Å². The Bertz CT molecular complexity index is 2650. The van der Waals surface area contributed by atoms with Crippen molar-refractivity contribution in [2.45, 2.75) is 0 Å². The molecule has 46 heavy (non-hydrogen) atoms. The average molecular weight is 581 g/mol. The summed E-state index contributed by atoms with van der Waals surface area (Å²) in [6, 6.07) is 62.8. The summed E-state index contributed by atoms with van der Waals surface area (Å²) in [4.78, 5) is 0. The van der Waals surface area contributed by atoms with Gasteiger partial charge < -0.3 is 0 Å². The van der Waals surface area contributed by atoms with Crippen LogP contribution in [0.4, 0.5) is 0 Å². The van der Waals surface area contributed by atoms with E-state index >= 15 is 0 Å². The predicted octanol–water partition coefficient (Wildman–Crippen LogP) is 12.9. The molecule has 9 aromatic carbocycles. The van der Waals surface area contributed by atoms with Crippen LogP contribution >= 0.6 is 0 Å². The Morgan fingerprint density at radius 2 is 0.783 bits per heavy atom. The molecule has 0 amide bonds. The highest BCUT2D eigenvalue weighted by Gasteiger charge is 2.24. The number of fused-ring (bicyclic) bond motifs is 7. The molecule has 0 aliphatic heterocycles. The predicted molar refractivity (Wildman–Crippen MR) is 197 cm³/mol. The zero-order valence-electron chi connectivity index (χ0n) is 25.2. The summed E-state index contributed by atoms with van der Waals surface area (Å²) in [7, 11) is 0. The highest BCUT2D eigenvalue weighted by Crippen LogP contribution is 2.51. The Morgan fingerprint density at radius 3 is 1.50 bits per heavy atom. The molecule has 0 unspecified atom stereocenters. The Labute approximate surface area is 267 Å². The van der Waals surface area contributed by atoms with E-state index in [1.165, 1.54) is 98.7 Å². The zero-order chi connectivity index (χ0) is 30.2. The smallest absolute Gasteiger partial charge is 0.00199 e. The molecule has 0 heteroatoms. The van der Waals surface area contributed by atoms with Crippen LogP contribution in [-0.2, 0) is 0 Å². The molecule has 0 atom stereocenters. The minimum atomic E-state index is 1.23. The van der Waals surface area contributed by atoms with Crippen LogP contribution in [0.5, 0.6) is 0 Å². The molecule has 0 N–H and O–H groups in total. The zero-order valence-corrected chi connectivity index (χ0v) is 25.2. The summed E-state index contributed by atoms with van der Waals surface area (Å²) in [6.07, 6.45) is 0. The summed E-state index contributed by atoms with van der Waals surface area (Å²) < 4.78 is 0. The fourth-order valence-electron chi connectivity index (χ4n) is 7.88. The molecule has 0 heterocycles. The maximum absolute atomic E-state index is 2.45. The van der Waals surface area contributed by atoms with Gasteiger partial charge in [-0.05, 0) is 135 Å². The highest BCUT2D eigenvalue weighted by atomic mass is 14.3. The monoisotopic (exact) mass is 580 g/mol. The molecule has 0 aromatic heterocycles. The normalized spacial score (nSPS) is 11.9. The van der Waals surface area contributed by atoms with Gasteiger partial charge in [0.25, 0.3) is 0 Å². The van der Waals surface area contributed by atoms with Crippen LogP contribution in [0.2, 0.25) is 0 Å². The van der Waals surface area contributed by atoms with Crippen molar-refractivity contribution < 1.29 is 0 Å². The summed E-state index contributed by atoms with van der Waals surface area (Å²) in [5.74, 6) is 0. The van der Waals surface area contributed by atoms with E-state index < -0.39 is 0 Å². The third-order valence-corrected chi connectivity index (χ3v) is 9.93. The van der Waals surface area contributed by atoms with Crippen molar-refractivity contribution in [3.05, 3.63) is 170 Å². The fraction of sp³-hybridized carbons (Fsp3) is 0. The van der Waals surface area contributed by atoms with E-state index in [0.717, 1.165) is 0 Å². The van der Waals surface area contributed by atoms with E-state index in [1.807, 2.05) is 0 Å². The first-order valence-electron chi connectivity index (χ1n) is 16.0. The van der Waals surface area contributed by atoms with Crippen LogP contribution in [0, 0.1) is 0 Å². The van der Waals surface area contributed by atoms with E-state index in [4.69, 9.17) is 0 Å². The van der Waals surface area contributed by atoms with Crippen LogP contribution in [0.25, 0.3) is 98.7 Å². The third-order valence-electron chi connectivity index (χ3n) is 9.93. The van der Waals surface area contributed by atoms with E-state index in [1.54, 1.807) is 0 Å². The van der Waals surface area contributed by atoms with Crippen molar-refractivity contribution in [1.82, 2.24) is 0 Å². The van der Waals surface area contributed by atoms with Gasteiger partial charge in [0.2, 0.25) is 0 Å². The molecule has 10 rings (SSSR count). The summed E-state index contributed by atoms with van der Waals surface area (Å²) in [6.45, 7) is 0. The van der Waals surface area contributed by atoms with Gasteiger partial charge in [0.05, 0.1) is 0 Å². The number of hydrogen-bond donors (Lipinski definition) is 0. The van der Waals surface area contributed by atoms with Crippen molar-refractivity contribution in [3.63, 3.8) is 0 Å². The van der Waals surface area contributed by atoms with Crippen molar-refractivity contribution in [2.24, 2.45) is 0 Å². The standard InChI is InChI=1S/C46H28/c1-4-13-29(14-5-1)38-28-39(30-15-6-2-7-16-30)45(31-17-8-3-9-18-31)43-27-34-24-40-37-22-12-21-36-35-20-11-10-19-32(35)23-44(46(36)37)42(40)26-33(34)25-41(38)43/h1-28H. The van der Waals surface area contributed by atoms with E-state index in [0.29, 0.717) is 0 Å². The Kier molecular flexibility index (Phi) is 5.38. The van der Waals surface area contributed by atoms with Crippen LogP contribution in [0.3, 0.4) is 0 Å². The molecule has 0 bridgehead atoms. The van der Waals surface area contributed by atoms with Crippen LogP contribution in [0.15, 0.2) is 170 Å². The SMILES string of the molecule is c1ccc(-c2cc(-c3ccccc3)c3cc4cc5c(cc4cc3c2-c2ccccc2)-c2cccc3c2c-5cc2ccccc23)cc1. The first-order valence-corrected chi connectivity index (χ1v) is 16.0. The molecule has 0 saturated heterocycles. The Morgan fingerprint density at radius 1 is 0.239 bits per heavy atom. The second kappa shape index (κ2) is 9.76. The molecule has 9 aromatic rings. The van der Waals surface area contributed by atoms with E-state index in [2.05, 4.69) is 170 Å². The van der Waals surface area contributed by atoms with Crippen molar-refractivity contribution >= 4 is 43.1 Å². The molecule has 0 spiro atoms. The van der Waals surface area contributed by atoms with Gasteiger partial charge in [0.15, 0.2) is 0 Å². The topological polar surface area (TPSA) is 0 Å². The van der Waals surface area contributed by atoms with E-state index in [9.17, 15) is 0 Å². The fourth-order valence-corrected chi connectivity index (χ4v) is 7.88. The van der Waals surface area contributed by atoms with Crippen molar-refractivity contribution in [1.29, 1.82) is 0 Å². The highest BCUT2D eigenvalue weighted by molar-refractivity contribution is 6.25. The Balaban J connectivity index is 1.34. The second-order valence-corrected chi connectivity index (χ2v) is 12.5. The van der Waals surface area contributed by atoms with Crippen LogP contribution < -0.4 is 0 Å². The average Bonchev–Trinajstić information content (AvgIpc) is 3.43. The van der Waals surface area contributed by atoms with Gasteiger partial charge in [-0.25, -0.2) is 0 Å². The van der Waals surface area contributed by atoms with Crippen molar-refractivity contribution in [3.8, 4) is 55.6 Å². The molecule has 0 radical (unpaired) electrons. The van der Waals surface area contributed by atoms with Crippen LogP contribution in [0.1, 0.15) is 0 Å². The molecule has 1 aliphatic rings. The first-order chi connectivity index (χ1) is 22.8. The minimum Gasteiger partial charge on any atom is -0.0622 e. The molecule has 0 fully saturated rings. The number of benzene rings is 9. The van der Waals surface area contributed by atoms with Gasteiger partial charge in [-0.15, -0.1) is 0 Å². The number of rotatable bonds is 3. The Hall–Kier alpha value is -5.98. The maximum atomic E-state index is 2.45. The lowest BCUT2D eigenvalue weighted by atomic mass is 9.84. The lowest BCUT2D eigenvalue weighted by molar-refractivity contribution is 1.60. The molecular weight excluding hydrogens is 553 g/mol. The van der Waals surface area contributed by atoms with Gasteiger partial charge in [-0.3, -0.25) is 0 Å². The summed E-state index contributed by atoms with van der Waals surface area (Å²) in [5, 5.41) is 10.4. The van der Waals surface area contributed by atoms with Crippen LogP contribution in [-0.4, -0.2) is 0 Å². The summed E-state index contributed by atoms with van der Waals surface area (Å²) in [5.41, 5.74) is 12.8. The summed E-state index contributed by atoms with van der Waals surface area (Å²) >= 11 is 0. The largest absolute Gasteiger partial charge is 0.0622 e. The van der Waals surface area contributed by atoms with E-state index in [-0.39, 0.29) is 0 Å². The lowest BCUT2D eigenvalue weighted by Crippen LogP contribution is -1.92.